The first-order chi connectivity index (χ1) is 14.3. The van der Waals surface area contributed by atoms with Gasteiger partial charge in [0.05, 0.1) is 12.1 Å². The normalized spacial score (nSPS) is 15.3. The Balaban J connectivity index is 1.48. The first-order valence-electron chi connectivity index (χ1n) is 10.4. The molecule has 0 bridgehead atoms. The molecule has 1 aliphatic rings. The van der Waals surface area contributed by atoms with Crippen LogP contribution in [0.2, 0.25) is 0 Å². The second-order valence-corrected chi connectivity index (χ2v) is 9.20. The zero-order chi connectivity index (χ0) is 21.7. The van der Waals surface area contributed by atoms with Crippen LogP contribution in [0, 0.1) is 11.8 Å². The van der Waals surface area contributed by atoms with Gasteiger partial charge in [-0.05, 0) is 55.3 Å². The van der Waals surface area contributed by atoms with E-state index in [4.69, 9.17) is 5.73 Å². The van der Waals surface area contributed by atoms with E-state index in [2.05, 4.69) is 31.3 Å². The molecule has 2 heterocycles. The molecule has 0 spiro atoms. The van der Waals surface area contributed by atoms with Gasteiger partial charge in [-0.1, -0.05) is 38.1 Å². The maximum absolute atomic E-state index is 12.8. The van der Waals surface area contributed by atoms with Crippen LogP contribution >= 0.6 is 11.3 Å². The summed E-state index contributed by atoms with van der Waals surface area (Å²) in [6, 6.07) is 9.60. The largest absolute Gasteiger partial charge is 0.366 e. The minimum absolute atomic E-state index is 0.000907. The summed E-state index contributed by atoms with van der Waals surface area (Å²) in [6.45, 7) is 6.00. The lowest BCUT2D eigenvalue weighted by Crippen LogP contribution is -2.40. The van der Waals surface area contributed by atoms with E-state index in [9.17, 15) is 14.4 Å². The molecule has 0 atom stereocenters. The van der Waals surface area contributed by atoms with Crippen LogP contribution in [0.25, 0.3) is 0 Å². The van der Waals surface area contributed by atoms with Gasteiger partial charge in [-0.15, -0.1) is 11.3 Å². The third-order valence-corrected chi connectivity index (χ3v) is 6.22. The van der Waals surface area contributed by atoms with Gasteiger partial charge < -0.3 is 11.1 Å². The van der Waals surface area contributed by atoms with E-state index >= 15 is 0 Å². The van der Waals surface area contributed by atoms with Gasteiger partial charge in [0.1, 0.15) is 5.00 Å². The van der Waals surface area contributed by atoms with Crippen LogP contribution in [0.15, 0.2) is 35.7 Å². The topological polar surface area (TPSA) is 92.5 Å². The van der Waals surface area contributed by atoms with Gasteiger partial charge in [0.15, 0.2) is 5.78 Å². The molecular formula is C23H29N3O3S. The highest BCUT2D eigenvalue weighted by molar-refractivity contribution is 7.14. The summed E-state index contributed by atoms with van der Waals surface area (Å²) >= 11 is 1.28. The summed E-state index contributed by atoms with van der Waals surface area (Å²) in [5.41, 5.74) is 7.68. The standard InChI is InChI=1S/C23H29N3O3S/c1-15(2)13-16-3-5-17(6-4-16)21(28)18-7-10-26(11-8-18)14-20(27)25-23-19(22(24)29)9-12-30-23/h3-6,9,12,15,18H,7-8,10-11,13-14H2,1-2H3,(H2,24,29)(H,25,27). The van der Waals surface area contributed by atoms with Crippen LogP contribution < -0.4 is 11.1 Å². The van der Waals surface area contributed by atoms with Crippen LogP contribution in [0.3, 0.4) is 0 Å². The lowest BCUT2D eigenvalue weighted by Gasteiger charge is -2.30. The molecular weight excluding hydrogens is 398 g/mol. The SMILES string of the molecule is CC(C)Cc1ccc(C(=O)C2CCN(CC(=O)Nc3sccc3C(N)=O)CC2)cc1. The van der Waals surface area contributed by atoms with Crippen molar-refractivity contribution in [1.82, 2.24) is 4.90 Å². The Hall–Kier alpha value is -2.51. The molecule has 0 aliphatic carbocycles. The van der Waals surface area contributed by atoms with E-state index in [1.165, 1.54) is 16.9 Å². The first kappa shape index (κ1) is 22.2. The number of thiophene rings is 1. The molecule has 6 nitrogen and oxygen atoms in total. The second kappa shape index (κ2) is 10.00. The third kappa shape index (κ3) is 5.77. The number of rotatable bonds is 8. The fraction of sp³-hybridized carbons (Fsp3) is 0.435. The van der Waals surface area contributed by atoms with Crippen molar-refractivity contribution in [3.63, 3.8) is 0 Å². The van der Waals surface area contributed by atoms with Crippen LogP contribution in [0.5, 0.6) is 0 Å². The minimum Gasteiger partial charge on any atom is -0.366 e. The summed E-state index contributed by atoms with van der Waals surface area (Å²) < 4.78 is 0. The van der Waals surface area contributed by atoms with Crippen LogP contribution in [0.4, 0.5) is 5.00 Å². The number of nitrogens with one attached hydrogen (secondary N) is 1. The van der Waals surface area contributed by atoms with E-state index in [-0.39, 0.29) is 24.2 Å². The first-order valence-corrected chi connectivity index (χ1v) is 11.2. The van der Waals surface area contributed by atoms with Crippen molar-refractivity contribution in [3.05, 3.63) is 52.4 Å². The van der Waals surface area contributed by atoms with Crippen LogP contribution in [-0.2, 0) is 11.2 Å². The number of amides is 2. The Labute approximate surface area is 181 Å². The average molecular weight is 428 g/mol. The summed E-state index contributed by atoms with van der Waals surface area (Å²) in [5.74, 6) is 0.0581. The number of Topliss-reactive ketones (excluding diaryl/α,β-unsaturated/α-hetero) is 1. The van der Waals surface area contributed by atoms with Gasteiger partial charge in [-0.25, -0.2) is 0 Å². The molecule has 2 amide bonds. The van der Waals surface area contributed by atoms with Gasteiger partial charge in [0.25, 0.3) is 5.91 Å². The average Bonchev–Trinajstić information content (AvgIpc) is 3.16. The number of primary amides is 1. The second-order valence-electron chi connectivity index (χ2n) is 8.29. The van der Waals surface area contributed by atoms with Crippen molar-refractivity contribution in [2.75, 3.05) is 25.0 Å². The van der Waals surface area contributed by atoms with Crippen molar-refractivity contribution in [1.29, 1.82) is 0 Å². The van der Waals surface area contributed by atoms with Crippen molar-refractivity contribution >= 4 is 33.9 Å². The number of carbonyl (C=O) groups is 3. The zero-order valence-electron chi connectivity index (χ0n) is 17.5. The van der Waals surface area contributed by atoms with E-state index < -0.39 is 5.91 Å². The predicted octanol–water partition coefficient (Wildman–Crippen LogP) is 3.58. The van der Waals surface area contributed by atoms with Gasteiger partial charge in [-0.2, -0.15) is 0 Å². The smallest absolute Gasteiger partial charge is 0.251 e. The number of benzene rings is 1. The summed E-state index contributed by atoms with van der Waals surface area (Å²) in [6.07, 6.45) is 2.50. The number of ketones is 1. The molecule has 7 heteroatoms. The molecule has 1 saturated heterocycles. The van der Waals surface area contributed by atoms with Crippen LogP contribution in [-0.4, -0.2) is 42.1 Å². The van der Waals surface area contributed by atoms with Crippen LogP contribution in [0.1, 0.15) is 53.0 Å². The monoisotopic (exact) mass is 427 g/mol. The van der Waals surface area contributed by atoms with Crippen molar-refractivity contribution in [3.8, 4) is 0 Å². The molecule has 1 aliphatic heterocycles. The number of piperidine rings is 1. The van der Waals surface area contributed by atoms with E-state index in [0.717, 1.165) is 24.8 Å². The Kier molecular flexibility index (Phi) is 7.39. The number of carbonyl (C=O) groups excluding carboxylic acids is 3. The number of anilines is 1. The number of hydrogen-bond acceptors (Lipinski definition) is 5. The maximum atomic E-state index is 12.8. The summed E-state index contributed by atoms with van der Waals surface area (Å²) in [5, 5.41) is 4.98. The molecule has 1 aromatic carbocycles. The summed E-state index contributed by atoms with van der Waals surface area (Å²) in [4.78, 5) is 38.6. The minimum atomic E-state index is -0.553. The van der Waals surface area contributed by atoms with Gasteiger partial charge in [-0.3, -0.25) is 19.3 Å². The fourth-order valence-electron chi connectivity index (χ4n) is 3.83. The summed E-state index contributed by atoms with van der Waals surface area (Å²) in [7, 11) is 0. The highest BCUT2D eigenvalue weighted by Gasteiger charge is 2.27. The van der Waals surface area contributed by atoms with Gasteiger partial charge in [0.2, 0.25) is 5.91 Å². The van der Waals surface area contributed by atoms with Crippen molar-refractivity contribution < 1.29 is 14.4 Å². The molecule has 160 valence electrons. The molecule has 2 aromatic rings. The quantitative estimate of drug-likeness (QED) is 0.630. The highest BCUT2D eigenvalue weighted by Crippen LogP contribution is 2.24. The number of nitrogens with zero attached hydrogens (tertiary/aromatic N) is 1. The lowest BCUT2D eigenvalue weighted by molar-refractivity contribution is -0.117. The van der Waals surface area contributed by atoms with Gasteiger partial charge in [0, 0.05) is 11.5 Å². The molecule has 3 N–H and O–H groups in total. The molecule has 1 fully saturated rings. The Morgan fingerprint density at radius 3 is 2.40 bits per heavy atom. The molecule has 0 saturated carbocycles. The van der Waals surface area contributed by atoms with Gasteiger partial charge >= 0.3 is 0 Å². The lowest BCUT2D eigenvalue weighted by atomic mass is 9.88. The highest BCUT2D eigenvalue weighted by atomic mass is 32.1. The molecule has 3 rings (SSSR count). The number of hydrogen-bond donors (Lipinski definition) is 2. The van der Waals surface area contributed by atoms with Crippen molar-refractivity contribution in [2.45, 2.75) is 33.1 Å². The van der Waals surface area contributed by atoms with Crippen molar-refractivity contribution in [2.24, 2.45) is 17.6 Å². The molecule has 1 aromatic heterocycles. The maximum Gasteiger partial charge on any atom is 0.251 e. The number of likely N-dealkylation sites (tertiary alicyclic amines) is 1. The third-order valence-electron chi connectivity index (χ3n) is 5.39. The Morgan fingerprint density at radius 1 is 1.13 bits per heavy atom. The van der Waals surface area contributed by atoms with E-state index in [0.29, 0.717) is 29.6 Å². The zero-order valence-corrected chi connectivity index (χ0v) is 18.3. The fourth-order valence-corrected chi connectivity index (χ4v) is 4.64. The predicted molar refractivity (Wildman–Crippen MR) is 120 cm³/mol. The number of nitrogens with two attached hydrogens (primary N) is 1. The van der Waals surface area contributed by atoms with E-state index in [1.54, 1.807) is 11.4 Å². The van der Waals surface area contributed by atoms with E-state index in [1.807, 2.05) is 17.0 Å². The molecule has 30 heavy (non-hydrogen) atoms. The Bertz CT molecular complexity index is 897. The molecule has 0 unspecified atom stereocenters. The Morgan fingerprint density at radius 2 is 1.80 bits per heavy atom. The molecule has 0 radical (unpaired) electrons.